The van der Waals surface area contributed by atoms with Gasteiger partial charge in [-0.05, 0) is 56.5 Å². The third-order valence-corrected chi connectivity index (χ3v) is 15.0. The molecule has 1 fully saturated rings. The monoisotopic (exact) mass is 1080 g/mol. The molecule has 27 nitrogen and oxygen atoms in total. The number of carbonyl (C=O) groups is 9. The number of aromatic nitrogens is 1. The Labute approximate surface area is 435 Å². The molecule has 14 atom stereocenters. The van der Waals surface area contributed by atoms with Crippen LogP contribution in [0.4, 0.5) is 4.79 Å². The maximum Gasteiger partial charge on any atom is 0.407 e. The van der Waals surface area contributed by atoms with Gasteiger partial charge >= 0.3 is 6.09 Å². The number of fused-ring (bicyclic) bond motifs is 5. The number of alkyl carbamates (subject to hydrolysis) is 1. The Morgan fingerprint density at radius 1 is 0.920 bits per heavy atom. The highest BCUT2D eigenvalue weighted by molar-refractivity contribution is 7.85. The second kappa shape index (κ2) is 26.8. The minimum atomic E-state index is -2.40. The Kier molecular flexibility index (Phi) is 21.3. The highest BCUT2D eigenvalue weighted by atomic mass is 32.2. The zero-order valence-corrected chi connectivity index (χ0v) is 43.5. The van der Waals surface area contributed by atoms with Crippen LogP contribution in [0.2, 0.25) is 0 Å². The average Bonchev–Trinajstić information content (AvgIpc) is 3.92. The van der Waals surface area contributed by atoms with Gasteiger partial charge in [-0.3, -0.25) is 47.9 Å². The molecule has 16 N–H and O–H groups in total. The molecule has 3 aliphatic heterocycles. The number of aliphatic hydroxyl groups is 3. The zero-order valence-electron chi connectivity index (χ0n) is 42.7. The molecule has 3 aliphatic rings. The Bertz CT molecular complexity index is 2460. The molecule has 2 bridgehead atoms. The second-order valence-electron chi connectivity index (χ2n) is 19.7. The summed E-state index contributed by atoms with van der Waals surface area (Å²) < 4.78 is 20.1. The summed E-state index contributed by atoms with van der Waals surface area (Å²) >= 11 is 0. The number of phenols is 1. The Morgan fingerprint density at radius 2 is 1.63 bits per heavy atom. The van der Waals surface area contributed by atoms with E-state index in [4.69, 9.17) is 10.5 Å². The number of primary amides is 1. The third kappa shape index (κ3) is 16.0. The first-order valence-electron chi connectivity index (χ1n) is 24.8. The van der Waals surface area contributed by atoms with Gasteiger partial charge in [-0.1, -0.05) is 34.1 Å². The van der Waals surface area contributed by atoms with Gasteiger partial charge in [-0.15, -0.1) is 0 Å². The largest absolute Gasteiger partial charge is 0.508 e. The molecule has 2 aromatic rings. The van der Waals surface area contributed by atoms with Crippen molar-refractivity contribution in [2.24, 2.45) is 23.5 Å². The molecule has 5 rings (SSSR count). The van der Waals surface area contributed by atoms with Crippen molar-refractivity contribution < 1.29 is 72.5 Å². The topological polar surface area (TPSA) is 414 Å². The number of ether oxygens (including phenoxy) is 1. The Morgan fingerprint density at radius 3 is 2.31 bits per heavy atom. The molecule has 4 heterocycles. The molecule has 75 heavy (non-hydrogen) atoms. The van der Waals surface area contributed by atoms with Crippen LogP contribution in [-0.4, -0.2) is 194 Å². The molecule has 1 saturated heterocycles. The summed E-state index contributed by atoms with van der Waals surface area (Å²) in [5, 5.41) is 67.6. The first-order chi connectivity index (χ1) is 35.4. The fourth-order valence-corrected chi connectivity index (χ4v) is 10.7. The van der Waals surface area contributed by atoms with Gasteiger partial charge in [-0.2, -0.15) is 0 Å². The molecular formula is C47H72N12O15S. The van der Waals surface area contributed by atoms with Crippen LogP contribution in [0, 0.1) is 17.8 Å². The van der Waals surface area contributed by atoms with E-state index in [-0.39, 0.29) is 39.2 Å². The highest BCUT2D eigenvalue weighted by Gasteiger charge is 2.45. The van der Waals surface area contributed by atoms with Crippen molar-refractivity contribution >= 4 is 75.1 Å². The molecule has 0 aliphatic carbocycles. The van der Waals surface area contributed by atoms with Gasteiger partial charge in [0.25, 0.3) is 0 Å². The van der Waals surface area contributed by atoms with Gasteiger partial charge in [0.05, 0.1) is 59.8 Å². The number of nitrogens with two attached hydrogens (primary N) is 1. The van der Waals surface area contributed by atoms with Crippen molar-refractivity contribution in [3.05, 3.63) is 23.8 Å². The summed E-state index contributed by atoms with van der Waals surface area (Å²) in [6, 6.07) is -6.31. The second-order valence-corrected chi connectivity index (χ2v) is 21.1. The summed E-state index contributed by atoms with van der Waals surface area (Å²) in [6.07, 6.45) is -6.44. The van der Waals surface area contributed by atoms with Gasteiger partial charge in [0.15, 0.2) is 0 Å². The van der Waals surface area contributed by atoms with E-state index in [1.165, 1.54) is 25.1 Å². The van der Waals surface area contributed by atoms with Crippen molar-refractivity contribution in [3.8, 4) is 5.75 Å². The van der Waals surface area contributed by atoms with E-state index < -0.39 is 182 Å². The predicted octanol–water partition coefficient (Wildman–Crippen LogP) is -4.76. The molecule has 9 amide bonds. The van der Waals surface area contributed by atoms with Crippen molar-refractivity contribution in [2.75, 3.05) is 45.6 Å². The van der Waals surface area contributed by atoms with Crippen molar-refractivity contribution in [3.63, 3.8) is 0 Å². The first-order valence-corrected chi connectivity index (χ1v) is 26.2. The highest BCUT2D eigenvalue weighted by Crippen LogP contribution is 2.30. The molecule has 1 aromatic carbocycles. The smallest absolute Gasteiger partial charge is 0.407 e. The van der Waals surface area contributed by atoms with E-state index in [0.29, 0.717) is 19.4 Å². The zero-order chi connectivity index (χ0) is 55.4. The molecule has 1 aromatic heterocycles. The van der Waals surface area contributed by atoms with E-state index in [1.807, 2.05) is 6.92 Å². The Hall–Kier alpha value is -6.46. The fraction of sp³-hybridized carbons (Fsp3) is 0.638. The lowest BCUT2D eigenvalue weighted by molar-refractivity contribution is -0.144. The van der Waals surface area contributed by atoms with E-state index in [0.717, 1.165) is 4.90 Å². The lowest BCUT2D eigenvalue weighted by atomic mass is 9.93. The van der Waals surface area contributed by atoms with Crippen molar-refractivity contribution in [1.29, 1.82) is 0 Å². The Balaban J connectivity index is 1.66. The number of hydrogen-bond donors (Lipinski definition) is 15. The molecule has 0 radical (unpaired) electrons. The number of benzene rings is 1. The van der Waals surface area contributed by atoms with Crippen molar-refractivity contribution in [1.82, 2.24) is 57.7 Å². The molecular weight excluding hydrogens is 1000 g/mol. The molecule has 0 saturated carbocycles. The van der Waals surface area contributed by atoms with Crippen LogP contribution in [0.5, 0.6) is 5.75 Å². The number of rotatable bonds is 13. The van der Waals surface area contributed by atoms with Crippen LogP contribution in [0.3, 0.4) is 0 Å². The maximum atomic E-state index is 14.9. The number of carbonyl (C=O) groups excluding carboxylic acids is 9. The average molecular weight is 1080 g/mol. The fourth-order valence-electron chi connectivity index (χ4n) is 9.33. The maximum absolute atomic E-state index is 14.9. The summed E-state index contributed by atoms with van der Waals surface area (Å²) in [6.45, 7) is 6.55. The summed E-state index contributed by atoms with van der Waals surface area (Å²) in [5.74, 6) is -11.0. The number of aromatic amines is 1. The number of phenolic OH excluding ortho intramolecular Hbond substituents is 1. The number of amides is 9. The van der Waals surface area contributed by atoms with E-state index in [2.05, 4.69) is 52.8 Å². The minimum Gasteiger partial charge on any atom is -0.508 e. The van der Waals surface area contributed by atoms with Crippen LogP contribution < -0.4 is 53.6 Å². The number of H-pyrrole nitrogens is 1. The van der Waals surface area contributed by atoms with Gasteiger partial charge in [0.1, 0.15) is 53.8 Å². The van der Waals surface area contributed by atoms with Crippen LogP contribution in [-0.2, 0) is 60.3 Å². The number of nitrogens with zero attached hydrogens (tertiary/aromatic N) is 1. The molecule has 0 spiro atoms. The minimum absolute atomic E-state index is 0.0719. The van der Waals surface area contributed by atoms with Gasteiger partial charge in [0, 0.05) is 42.8 Å². The SMILES string of the molecule is CC[C@H](C)[C@H]1NC(=O)CNC(=O)[C@@H]2Cc3c([nH]c4cc(O)ccc34)S(=O)C[C@H](NC(=O)CNC1O)C(=O)N[C@@H](CC(N)=O)C(=O)N1C[C@H](O)C[C@H]1C(=O)N[C@@H]([C@@H](C)[C@@H](O)COC(=O)NC(C)CC(C)CNC)C(=O)N2. The number of aliphatic hydroxyl groups excluding tert-OH is 3. The van der Waals surface area contributed by atoms with Crippen LogP contribution in [0.1, 0.15) is 65.9 Å². The predicted molar refractivity (Wildman–Crippen MR) is 268 cm³/mol. The van der Waals surface area contributed by atoms with Gasteiger partial charge in [-0.25, -0.2) is 4.79 Å². The standard InChI is InChI=1S/C47H72N12O15S/c1-7-22(3)38-43(69)51-16-36(64)53-32-20-75(73)45-28(27-9-8-25(60)11-29(27)56-45)13-30(40(66)50-17-37(65)57-38)54-44(70)39(24(5)34(62)19-74-47(72)52-23(4)10-21(2)15-49-6)58-42(68)33-12-26(61)18-59(33)46(71)31(14-35(48)63)55-41(32)67/h8-9,11,21-24,26,30-34,38-39,43,49,51,56,60-62,69H,7,10,12-20H2,1-6H3,(H2,48,63)(H,50,66)(H,52,72)(H,53,64)(H,54,70)(H,55,67)(H,57,65)(H,58,68)/t21?,22-,23?,24-,26+,30-,31-,32-,33-,34-,38+,39-,43?,75?/m0/s1. The lowest BCUT2D eigenvalue weighted by Crippen LogP contribution is -2.62. The summed E-state index contributed by atoms with van der Waals surface area (Å²) in [4.78, 5) is 129. The normalized spacial score (nSPS) is 27.9. The van der Waals surface area contributed by atoms with Crippen LogP contribution >= 0.6 is 0 Å². The third-order valence-electron chi connectivity index (χ3n) is 13.6. The molecule has 28 heteroatoms. The van der Waals surface area contributed by atoms with Crippen LogP contribution in [0.25, 0.3) is 10.9 Å². The van der Waals surface area contributed by atoms with Crippen LogP contribution in [0.15, 0.2) is 23.2 Å². The van der Waals surface area contributed by atoms with E-state index >= 15 is 0 Å². The lowest BCUT2D eigenvalue weighted by Gasteiger charge is -2.33. The number of aromatic hydroxyl groups is 1. The molecule has 4 unspecified atom stereocenters. The van der Waals surface area contributed by atoms with Crippen molar-refractivity contribution in [2.45, 2.75) is 132 Å². The first kappa shape index (κ1) is 59.4. The quantitative estimate of drug-likeness (QED) is 0.0896. The number of hydrogen-bond acceptors (Lipinski definition) is 17. The van der Waals surface area contributed by atoms with Gasteiger partial charge < -0.3 is 83.3 Å². The van der Waals surface area contributed by atoms with E-state index in [1.54, 1.807) is 27.8 Å². The number of nitrogens with one attached hydrogen (secondary N) is 10. The van der Waals surface area contributed by atoms with Gasteiger partial charge in [0.2, 0.25) is 47.3 Å². The summed E-state index contributed by atoms with van der Waals surface area (Å²) in [5.41, 5.74) is 5.79. The summed E-state index contributed by atoms with van der Waals surface area (Å²) in [7, 11) is -0.607. The van der Waals surface area contributed by atoms with E-state index in [9.17, 15) is 67.8 Å². The molecule has 416 valence electrons.